The van der Waals surface area contributed by atoms with Crippen LogP contribution in [-0.2, 0) is 0 Å². The number of fused-ring (bicyclic) bond motifs is 3. The predicted molar refractivity (Wildman–Crippen MR) is 93.9 cm³/mol. The molecular formula is C18H14N2O2S. The summed E-state index contributed by atoms with van der Waals surface area (Å²) in [6, 6.07) is 17.7. The molecule has 0 radical (unpaired) electrons. The van der Waals surface area contributed by atoms with E-state index >= 15 is 0 Å². The maximum atomic E-state index is 13.0. The Morgan fingerprint density at radius 2 is 1.83 bits per heavy atom. The zero-order valence-corrected chi connectivity index (χ0v) is 13.3. The lowest BCUT2D eigenvalue weighted by Crippen LogP contribution is -2.21. The quantitative estimate of drug-likeness (QED) is 0.572. The summed E-state index contributed by atoms with van der Waals surface area (Å²) in [4.78, 5) is 17.7. The number of ether oxygens (including phenoxy) is 1. The second-order valence-corrected chi connectivity index (χ2v) is 6.13. The Morgan fingerprint density at radius 1 is 1.09 bits per heavy atom. The molecule has 0 spiro atoms. The Morgan fingerprint density at radius 3 is 2.61 bits per heavy atom. The number of thiophene rings is 1. The lowest BCUT2D eigenvalue weighted by atomic mass is 10.2. The van der Waals surface area contributed by atoms with E-state index in [4.69, 9.17) is 4.74 Å². The summed E-state index contributed by atoms with van der Waals surface area (Å²) in [5, 5.41) is 0.991. The Bertz CT molecular complexity index is 1050. The molecule has 2 aromatic heterocycles. The molecule has 0 saturated heterocycles. The Kier molecular flexibility index (Phi) is 3.35. The van der Waals surface area contributed by atoms with E-state index in [0.29, 0.717) is 22.8 Å². The first-order chi connectivity index (χ1) is 11.3. The number of hydrogen-bond acceptors (Lipinski definition) is 4. The van der Waals surface area contributed by atoms with Crippen LogP contribution in [0.25, 0.3) is 26.0 Å². The third-order valence-electron chi connectivity index (χ3n) is 3.65. The molecular weight excluding hydrogens is 308 g/mol. The predicted octanol–water partition coefficient (Wildman–Crippen LogP) is 4.00. The van der Waals surface area contributed by atoms with Gasteiger partial charge in [0.25, 0.3) is 5.56 Å². The zero-order valence-electron chi connectivity index (χ0n) is 12.5. The maximum absolute atomic E-state index is 13.0. The van der Waals surface area contributed by atoms with Crippen LogP contribution < -0.4 is 10.3 Å². The fourth-order valence-electron chi connectivity index (χ4n) is 2.65. The van der Waals surface area contributed by atoms with Crippen LogP contribution in [-0.4, -0.2) is 16.2 Å². The molecule has 0 amide bonds. The van der Waals surface area contributed by atoms with Crippen molar-refractivity contribution in [2.24, 2.45) is 0 Å². The van der Waals surface area contributed by atoms with Crippen molar-refractivity contribution < 1.29 is 4.74 Å². The van der Waals surface area contributed by atoms with Crippen molar-refractivity contribution in [3.05, 3.63) is 65.0 Å². The van der Waals surface area contributed by atoms with E-state index in [2.05, 4.69) is 4.98 Å². The first kappa shape index (κ1) is 14.0. The number of aromatic nitrogens is 2. The summed E-state index contributed by atoms with van der Waals surface area (Å²) in [5.74, 6) is 0. The van der Waals surface area contributed by atoms with Gasteiger partial charge >= 0.3 is 6.01 Å². The third-order valence-corrected chi connectivity index (χ3v) is 4.80. The van der Waals surface area contributed by atoms with Crippen molar-refractivity contribution in [3.63, 3.8) is 0 Å². The molecule has 4 aromatic rings. The van der Waals surface area contributed by atoms with Crippen molar-refractivity contribution in [1.29, 1.82) is 0 Å². The summed E-state index contributed by atoms with van der Waals surface area (Å²) < 4.78 is 8.91. The standard InChI is InChI=1S/C18H14N2O2S/c1-2-22-18-19-15-13-10-6-7-11-14(13)23-16(15)17(21)20(18)12-8-4-3-5-9-12/h3-11H,2H2,1H3. The summed E-state index contributed by atoms with van der Waals surface area (Å²) in [5.41, 5.74) is 1.38. The van der Waals surface area contributed by atoms with E-state index in [-0.39, 0.29) is 5.56 Å². The smallest absolute Gasteiger partial charge is 0.304 e. The van der Waals surface area contributed by atoms with Gasteiger partial charge in [-0.05, 0) is 25.1 Å². The largest absolute Gasteiger partial charge is 0.465 e. The van der Waals surface area contributed by atoms with Crippen LogP contribution in [0.1, 0.15) is 6.92 Å². The minimum atomic E-state index is -0.0918. The molecule has 0 aliphatic heterocycles. The van der Waals surface area contributed by atoms with Crippen molar-refractivity contribution in [2.75, 3.05) is 6.61 Å². The van der Waals surface area contributed by atoms with Crippen molar-refractivity contribution in [1.82, 2.24) is 9.55 Å². The second-order valence-electron chi connectivity index (χ2n) is 5.08. The second kappa shape index (κ2) is 5.52. The van der Waals surface area contributed by atoms with Gasteiger partial charge < -0.3 is 4.74 Å². The van der Waals surface area contributed by atoms with E-state index in [0.717, 1.165) is 15.8 Å². The lowest BCUT2D eigenvalue weighted by molar-refractivity contribution is 0.304. The molecule has 0 aliphatic rings. The third kappa shape index (κ3) is 2.21. The molecule has 4 nitrogen and oxygen atoms in total. The first-order valence-corrected chi connectivity index (χ1v) is 8.23. The van der Waals surface area contributed by atoms with Crippen molar-refractivity contribution in [3.8, 4) is 11.7 Å². The average Bonchev–Trinajstić information content (AvgIpc) is 2.95. The fourth-order valence-corrected chi connectivity index (χ4v) is 3.72. The highest BCUT2D eigenvalue weighted by atomic mass is 32.1. The molecule has 4 rings (SSSR count). The van der Waals surface area contributed by atoms with E-state index in [1.165, 1.54) is 11.3 Å². The van der Waals surface area contributed by atoms with Gasteiger partial charge in [-0.2, -0.15) is 4.98 Å². The van der Waals surface area contributed by atoms with Crippen LogP contribution in [0.15, 0.2) is 59.4 Å². The monoisotopic (exact) mass is 322 g/mol. The van der Waals surface area contributed by atoms with Gasteiger partial charge in [-0.3, -0.25) is 4.79 Å². The molecule has 2 heterocycles. The fraction of sp³-hybridized carbons (Fsp3) is 0.111. The van der Waals surface area contributed by atoms with Gasteiger partial charge in [0.2, 0.25) is 0 Å². The summed E-state index contributed by atoms with van der Waals surface area (Å²) >= 11 is 1.47. The van der Waals surface area contributed by atoms with Crippen LogP contribution in [0, 0.1) is 0 Å². The number of para-hydroxylation sites is 1. The molecule has 2 aromatic carbocycles. The molecule has 0 N–H and O–H groups in total. The van der Waals surface area contributed by atoms with Gasteiger partial charge in [0.05, 0.1) is 12.3 Å². The van der Waals surface area contributed by atoms with Crippen LogP contribution in [0.2, 0.25) is 0 Å². The highest BCUT2D eigenvalue weighted by molar-refractivity contribution is 7.25. The van der Waals surface area contributed by atoms with Crippen LogP contribution >= 0.6 is 11.3 Å². The molecule has 0 bridgehead atoms. The molecule has 0 unspecified atom stereocenters. The van der Waals surface area contributed by atoms with Gasteiger partial charge in [-0.15, -0.1) is 11.3 Å². The highest BCUT2D eigenvalue weighted by Crippen LogP contribution is 2.32. The minimum Gasteiger partial charge on any atom is -0.465 e. The van der Waals surface area contributed by atoms with Crippen LogP contribution in [0.4, 0.5) is 0 Å². The molecule has 5 heteroatoms. The normalized spacial score (nSPS) is 11.2. The molecule has 0 saturated carbocycles. The van der Waals surface area contributed by atoms with Gasteiger partial charge in [0.1, 0.15) is 10.2 Å². The summed E-state index contributed by atoms with van der Waals surface area (Å²) in [6.45, 7) is 2.34. The van der Waals surface area contributed by atoms with Gasteiger partial charge in [-0.25, -0.2) is 4.57 Å². The Hall–Kier alpha value is -2.66. The number of nitrogens with zero attached hydrogens (tertiary/aromatic N) is 2. The van der Waals surface area contributed by atoms with Gasteiger partial charge in [-0.1, -0.05) is 36.4 Å². The van der Waals surface area contributed by atoms with E-state index in [9.17, 15) is 4.79 Å². The Balaban J connectivity index is 2.13. The minimum absolute atomic E-state index is 0.0918. The maximum Gasteiger partial charge on any atom is 0.304 e. The van der Waals surface area contributed by atoms with Gasteiger partial charge in [0.15, 0.2) is 0 Å². The van der Waals surface area contributed by atoms with E-state index in [1.54, 1.807) is 4.57 Å². The molecule has 0 aliphatic carbocycles. The zero-order chi connectivity index (χ0) is 15.8. The Labute approximate surface area is 136 Å². The SMILES string of the molecule is CCOc1nc2c(sc3ccccc32)c(=O)n1-c1ccccc1. The number of rotatable bonds is 3. The lowest BCUT2D eigenvalue weighted by Gasteiger charge is -2.11. The van der Waals surface area contributed by atoms with Crippen molar-refractivity contribution >= 4 is 31.6 Å². The molecule has 0 fully saturated rings. The number of benzene rings is 2. The average molecular weight is 322 g/mol. The highest BCUT2D eigenvalue weighted by Gasteiger charge is 2.17. The summed E-state index contributed by atoms with van der Waals surface area (Å²) in [7, 11) is 0. The molecule has 23 heavy (non-hydrogen) atoms. The van der Waals surface area contributed by atoms with E-state index in [1.807, 2.05) is 61.5 Å². The van der Waals surface area contributed by atoms with E-state index < -0.39 is 0 Å². The topological polar surface area (TPSA) is 44.1 Å². The molecule has 0 atom stereocenters. The van der Waals surface area contributed by atoms with Crippen LogP contribution in [0.5, 0.6) is 6.01 Å². The molecule has 114 valence electrons. The van der Waals surface area contributed by atoms with Gasteiger partial charge in [0, 0.05) is 10.1 Å². The van der Waals surface area contributed by atoms with Crippen molar-refractivity contribution in [2.45, 2.75) is 6.92 Å². The first-order valence-electron chi connectivity index (χ1n) is 7.42. The van der Waals surface area contributed by atoms with Crippen LogP contribution in [0.3, 0.4) is 0 Å². The number of hydrogen-bond donors (Lipinski definition) is 0. The summed E-state index contributed by atoms with van der Waals surface area (Å²) in [6.07, 6.45) is 0.